The molecule has 3 aromatic rings. The number of benzene rings is 3. The Labute approximate surface area is 168 Å². The highest BCUT2D eigenvalue weighted by molar-refractivity contribution is 6.34. The number of carbonyl (C=O) groups is 1. The molecule has 2 N–H and O–H groups in total. The molecule has 0 aliphatic rings. The minimum absolute atomic E-state index is 0.239. The normalized spacial score (nSPS) is 10.6. The molecule has 0 aromatic heterocycles. The molecule has 0 unspecified atom stereocenters. The summed E-state index contributed by atoms with van der Waals surface area (Å²) in [5.74, 6) is 0.210. The van der Waals surface area contributed by atoms with Crippen molar-refractivity contribution in [3.05, 3.63) is 87.9 Å². The van der Waals surface area contributed by atoms with Crippen LogP contribution >= 0.6 is 23.2 Å². The summed E-state index contributed by atoms with van der Waals surface area (Å²) < 4.78 is 5.37. The van der Waals surface area contributed by atoms with Gasteiger partial charge in [0.25, 0.3) is 0 Å². The summed E-state index contributed by atoms with van der Waals surface area (Å²) in [5, 5.41) is 1.31. The Kier molecular flexibility index (Phi) is 6.51. The van der Waals surface area contributed by atoms with Crippen molar-refractivity contribution in [3.63, 3.8) is 0 Å². The van der Waals surface area contributed by atoms with Crippen LogP contribution < -0.4 is 10.5 Å². The number of carbonyl (C=O) groups excluding carboxylic acids is 1. The first-order chi connectivity index (χ1) is 13.1. The number of halogens is 2. The summed E-state index contributed by atoms with van der Waals surface area (Å²) in [4.78, 5) is 12.1. The Bertz CT molecular complexity index is 922. The second kappa shape index (κ2) is 9.05. The molecule has 3 nitrogen and oxygen atoms in total. The summed E-state index contributed by atoms with van der Waals surface area (Å²) in [7, 11) is 0. The van der Waals surface area contributed by atoms with Gasteiger partial charge in [0.15, 0.2) is 0 Å². The molecule has 0 heterocycles. The zero-order valence-corrected chi connectivity index (χ0v) is 16.1. The van der Waals surface area contributed by atoms with Crippen LogP contribution in [0.3, 0.4) is 0 Å². The lowest BCUT2D eigenvalue weighted by Gasteiger charge is -2.10. The van der Waals surface area contributed by atoms with Crippen LogP contribution in [0.4, 0.5) is 0 Å². The molecule has 0 radical (unpaired) electrons. The second-order valence-corrected chi connectivity index (χ2v) is 6.92. The average Bonchev–Trinajstić information content (AvgIpc) is 2.68. The fourth-order valence-electron chi connectivity index (χ4n) is 2.74. The molecule has 3 rings (SSSR count). The predicted molar refractivity (Wildman–Crippen MR) is 110 cm³/mol. The number of esters is 1. The van der Waals surface area contributed by atoms with Crippen molar-refractivity contribution in [2.75, 3.05) is 0 Å². The van der Waals surface area contributed by atoms with Gasteiger partial charge in [0.2, 0.25) is 0 Å². The minimum Gasteiger partial charge on any atom is -0.427 e. The van der Waals surface area contributed by atoms with E-state index in [0.717, 1.165) is 22.3 Å². The number of aryl methyl sites for hydroxylation is 1. The Morgan fingerprint density at radius 1 is 0.926 bits per heavy atom. The summed E-state index contributed by atoms with van der Waals surface area (Å²) in [6, 6.07) is 20.5. The first kappa shape index (κ1) is 19.4. The van der Waals surface area contributed by atoms with E-state index in [9.17, 15) is 4.79 Å². The van der Waals surface area contributed by atoms with E-state index in [2.05, 4.69) is 0 Å². The van der Waals surface area contributed by atoms with Crippen LogP contribution in [0, 0.1) is 0 Å². The number of rotatable bonds is 6. The van der Waals surface area contributed by atoms with E-state index >= 15 is 0 Å². The van der Waals surface area contributed by atoms with Crippen molar-refractivity contribution in [2.24, 2.45) is 5.73 Å². The van der Waals surface area contributed by atoms with Gasteiger partial charge in [-0.3, -0.25) is 4.79 Å². The molecule has 138 valence electrons. The van der Waals surface area contributed by atoms with Crippen LogP contribution in [0.5, 0.6) is 5.75 Å². The maximum atomic E-state index is 12.1. The van der Waals surface area contributed by atoms with Gasteiger partial charge in [0.1, 0.15) is 5.75 Å². The highest BCUT2D eigenvalue weighted by Gasteiger charge is 2.11. The maximum Gasteiger partial charge on any atom is 0.311 e. The number of nitrogens with two attached hydrogens (primary N) is 1. The van der Waals surface area contributed by atoms with Gasteiger partial charge in [0.05, 0.1) is 11.4 Å². The lowest BCUT2D eigenvalue weighted by molar-refractivity contribution is -0.134. The first-order valence-electron chi connectivity index (χ1n) is 8.60. The smallest absolute Gasteiger partial charge is 0.311 e. The minimum atomic E-state index is -0.302. The van der Waals surface area contributed by atoms with Crippen LogP contribution in [-0.4, -0.2) is 5.97 Å². The van der Waals surface area contributed by atoms with E-state index in [0.29, 0.717) is 28.8 Å². The predicted octanol–water partition coefficient (Wildman–Crippen LogP) is 5.66. The van der Waals surface area contributed by atoms with Crippen LogP contribution in [0.15, 0.2) is 66.7 Å². The van der Waals surface area contributed by atoms with E-state index in [1.165, 1.54) is 0 Å². The first-order valence-corrected chi connectivity index (χ1v) is 9.35. The van der Waals surface area contributed by atoms with Gasteiger partial charge >= 0.3 is 5.97 Å². The average molecular weight is 400 g/mol. The van der Waals surface area contributed by atoms with Crippen molar-refractivity contribution in [2.45, 2.75) is 19.4 Å². The number of hydrogen-bond donors (Lipinski definition) is 1. The van der Waals surface area contributed by atoms with Crippen molar-refractivity contribution in [3.8, 4) is 16.9 Å². The molecule has 0 aliphatic carbocycles. The van der Waals surface area contributed by atoms with Crippen molar-refractivity contribution < 1.29 is 9.53 Å². The highest BCUT2D eigenvalue weighted by Crippen LogP contribution is 2.32. The molecule has 5 heteroatoms. The lowest BCUT2D eigenvalue weighted by atomic mass is 10.0. The van der Waals surface area contributed by atoms with Gasteiger partial charge in [-0.15, -0.1) is 0 Å². The third-order valence-electron chi connectivity index (χ3n) is 4.22. The largest absolute Gasteiger partial charge is 0.427 e. The molecule has 3 aromatic carbocycles. The number of ether oxygens (including phenoxy) is 1. The molecule has 0 bridgehead atoms. The SMILES string of the molecule is NCc1ccc(OC(=O)CCc2cccc(-c3ccc(Cl)cc3)c2Cl)cc1. The molecule has 27 heavy (non-hydrogen) atoms. The Balaban J connectivity index is 1.66. The van der Waals surface area contributed by atoms with Crippen molar-refractivity contribution >= 4 is 29.2 Å². The van der Waals surface area contributed by atoms with E-state index in [-0.39, 0.29) is 12.4 Å². The van der Waals surface area contributed by atoms with Gasteiger partial charge in [-0.1, -0.05) is 65.7 Å². The summed E-state index contributed by atoms with van der Waals surface area (Å²) in [5.41, 5.74) is 9.35. The van der Waals surface area contributed by atoms with Gasteiger partial charge in [-0.2, -0.15) is 0 Å². The topological polar surface area (TPSA) is 52.3 Å². The Morgan fingerprint density at radius 3 is 2.30 bits per heavy atom. The third kappa shape index (κ3) is 5.10. The van der Waals surface area contributed by atoms with Crippen LogP contribution in [-0.2, 0) is 17.8 Å². The molecule has 0 aliphatic heterocycles. The van der Waals surface area contributed by atoms with Gasteiger partial charge in [-0.05, 0) is 47.4 Å². The summed E-state index contributed by atoms with van der Waals surface area (Å²) in [6.45, 7) is 0.455. The quantitative estimate of drug-likeness (QED) is 0.429. The zero-order chi connectivity index (χ0) is 19.2. The summed E-state index contributed by atoms with van der Waals surface area (Å²) >= 11 is 12.5. The van der Waals surface area contributed by atoms with Gasteiger partial charge < -0.3 is 10.5 Å². The molecule has 0 saturated carbocycles. The molecule has 0 saturated heterocycles. The Morgan fingerprint density at radius 2 is 1.63 bits per heavy atom. The summed E-state index contributed by atoms with van der Waals surface area (Å²) in [6.07, 6.45) is 0.739. The molecular formula is C22H19Cl2NO2. The van der Waals surface area contributed by atoms with Crippen molar-refractivity contribution in [1.82, 2.24) is 0 Å². The maximum absolute atomic E-state index is 12.1. The number of hydrogen-bond acceptors (Lipinski definition) is 3. The molecule has 0 fully saturated rings. The zero-order valence-electron chi connectivity index (χ0n) is 14.6. The molecule has 0 spiro atoms. The highest BCUT2D eigenvalue weighted by atomic mass is 35.5. The van der Waals surface area contributed by atoms with Crippen LogP contribution in [0.1, 0.15) is 17.5 Å². The van der Waals surface area contributed by atoms with Crippen LogP contribution in [0.2, 0.25) is 10.0 Å². The third-order valence-corrected chi connectivity index (χ3v) is 4.92. The molecule has 0 amide bonds. The Hall–Kier alpha value is -2.33. The second-order valence-electron chi connectivity index (χ2n) is 6.11. The molecular weight excluding hydrogens is 381 g/mol. The van der Waals surface area contributed by atoms with Gasteiger partial charge in [0, 0.05) is 17.1 Å². The van der Waals surface area contributed by atoms with E-state index in [4.69, 9.17) is 33.7 Å². The fourth-order valence-corrected chi connectivity index (χ4v) is 3.19. The molecule has 0 atom stereocenters. The standard InChI is InChI=1S/C22H19Cl2NO2/c23-18-9-6-16(7-10-18)20-3-1-2-17(22(20)24)8-13-21(26)27-19-11-4-15(14-25)5-12-19/h1-7,9-12H,8,13-14,25H2. The van der Waals surface area contributed by atoms with Crippen molar-refractivity contribution in [1.29, 1.82) is 0 Å². The monoisotopic (exact) mass is 399 g/mol. The van der Waals surface area contributed by atoms with E-state index < -0.39 is 0 Å². The van der Waals surface area contributed by atoms with Crippen LogP contribution in [0.25, 0.3) is 11.1 Å². The van der Waals surface area contributed by atoms with E-state index in [1.807, 2.05) is 54.6 Å². The van der Waals surface area contributed by atoms with Gasteiger partial charge in [-0.25, -0.2) is 0 Å². The fraction of sp³-hybridized carbons (Fsp3) is 0.136. The van der Waals surface area contributed by atoms with E-state index in [1.54, 1.807) is 12.1 Å². The lowest BCUT2D eigenvalue weighted by Crippen LogP contribution is -2.09.